The van der Waals surface area contributed by atoms with Gasteiger partial charge in [-0.05, 0) is 38.3 Å². The fourth-order valence-electron chi connectivity index (χ4n) is 3.55. The number of aryl methyl sites for hydroxylation is 1. The van der Waals surface area contributed by atoms with Gasteiger partial charge in [-0.2, -0.15) is 0 Å². The molecule has 0 radical (unpaired) electrons. The van der Waals surface area contributed by atoms with Gasteiger partial charge in [0.25, 0.3) is 0 Å². The van der Waals surface area contributed by atoms with Gasteiger partial charge in [0.05, 0.1) is 25.9 Å². The Hall–Kier alpha value is -1.83. The summed E-state index contributed by atoms with van der Waals surface area (Å²) in [6.45, 7) is 12.6. The van der Waals surface area contributed by atoms with E-state index in [4.69, 9.17) is 19.2 Å². The second-order valence-electron chi connectivity index (χ2n) is 7.63. The van der Waals surface area contributed by atoms with Crippen LogP contribution in [-0.4, -0.2) is 76.1 Å². The number of guanidine groups is 1. The van der Waals surface area contributed by atoms with Crippen LogP contribution in [0.3, 0.4) is 0 Å². The summed E-state index contributed by atoms with van der Waals surface area (Å²) >= 11 is 0. The van der Waals surface area contributed by atoms with Gasteiger partial charge in [0, 0.05) is 44.9 Å². The smallest absolute Gasteiger partial charge is 0.191 e. The summed E-state index contributed by atoms with van der Waals surface area (Å²) in [4.78, 5) is 7.19. The first-order chi connectivity index (χ1) is 14.2. The zero-order chi connectivity index (χ0) is 20.3. The maximum Gasteiger partial charge on any atom is 0.191 e. The van der Waals surface area contributed by atoms with Gasteiger partial charge in [-0.3, -0.25) is 4.90 Å². The standard InChI is InChI=1S/C22H36N4O3/c1-3-23-22(24-8-9-26-10-13-27-14-11-26)25-16-19-7-6-18(2)15-21(19)29-17-20-5-4-12-28-20/h6-7,15,20H,3-5,8-14,16-17H2,1-2H3,(H2,23,24,25). The summed E-state index contributed by atoms with van der Waals surface area (Å²) < 4.78 is 17.2. The summed E-state index contributed by atoms with van der Waals surface area (Å²) in [5, 5.41) is 6.77. The fourth-order valence-corrected chi connectivity index (χ4v) is 3.55. The molecule has 29 heavy (non-hydrogen) atoms. The highest BCUT2D eigenvalue weighted by Gasteiger charge is 2.17. The third-order valence-electron chi connectivity index (χ3n) is 5.25. The Morgan fingerprint density at radius 3 is 2.86 bits per heavy atom. The molecule has 0 aromatic heterocycles. The summed E-state index contributed by atoms with van der Waals surface area (Å²) in [6, 6.07) is 6.32. The Balaban J connectivity index is 1.54. The highest BCUT2D eigenvalue weighted by Crippen LogP contribution is 2.23. The lowest BCUT2D eigenvalue weighted by molar-refractivity contribution is 0.0389. The van der Waals surface area contributed by atoms with Crippen LogP contribution in [0.15, 0.2) is 23.2 Å². The molecule has 7 heteroatoms. The Bertz CT molecular complexity index is 641. The number of morpholine rings is 1. The molecule has 1 aromatic rings. The van der Waals surface area contributed by atoms with E-state index in [-0.39, 0.29) is 6.10 Å². The summed E-state index contributed by atoms with van der Waals surface area (Å²) in [7, 11) is 0. The first-order valence-corrected chi connectivity index (χ1v) is 10.9. The first-order valence-electron chi connectivity index (χ1n) is 10.9. The van der Waals surface area contributed by atoms with Crippen LogP contribution >= 0.6 is 0 Å². The average Bonchev–Trinajstić information content (AvgIpc) is 3.26. The Kier molecular flexibility index (Phi) is 9.05. The normalized spacial score (nSPS) is 20.6. The number of hydrogen-bond donors (Lipinski definition) is 2. The van der Waals surface area contributed by atoms with Gasteiger partial charge in [-0.1, -0.05) is 12.1 Å². The van der Waals surface area contributed by atoms with E-state index < -0.39 is 0 Å². The Labute approximate surface area is 174 Å². The molecule has 0 amide bonds. The molecule has 2 saturated heterocycles. The molecular weight excluding hydrogens is 368 g/mol. The summed E-state index contributed by atoms with van der Waals surface area (Å²) in [6.07, 6.45) is 2.42. The van der Waals surface area contributed by atoms with Gasteiger partial charge in [-0.25, -0.2) is 4.99 Å². The molecule has 3 rings (SSSR count). The number of nitrogens with zero attached hydrogens (tertiary/aromatic N) is 2. The van der Waals surface area contributed by atoms with E-state index in [0.717, 1.165) is 82.7 Å². The van der Waals surface area contributed by atoms with Crippen molar-refractivity contribution in [3.05, 3.63) is 29.3 Å². The first kappa shape index (κ1) is 21.9. The van der Waals surface area contributed by atoms with Crippen molar-refractivity contribution in [2.24, 2.45) is 4.99 Å². The third-order valence-corrected chi connectivity index (χ3v) is 5.25. The highest BCUT2D eigenvalue weighted by molar-refractivity contribution is 5.79. The molecule has 2 aliphatic heterocycles. The number of nitrogens with one attached hydrogen (secondary N) is 2. The second kappa shape index (κ2) is 12.0. The number of rotatable bonds is 9. The number of benzene rings is 1. The van der Waals surface area contributed by atoms with E-state index in [1.807, 2.05) is 0 Å². The molecular formula is C22H36N4O3. The van der Waals surface area contributed by atoms with Gasteiger partial charge in [0.1, 0.15) is 12.4 Å². The molecule has 0 bridgehead atoms. The van der Waals surface area contributed by atoms with Crippen LogP contribution in [0.4, 0.5) is 0 Å². The minimum atomic E-state index is 0.214. The molecule has 2 heterocycles. The lowest BCUT2D eigenvalue weighted by Crippen LogP contribution is -2.44. The molecule has 1 aromatic carbocycles. The molecule has 2 N–H and O–H groups in total. The molecule has 0 spiro atoms. The summed E-state index contributed by atoms with van der Waals surface area (Å²) in [5.41, 5.74) is 2.29. The van der Waals surface area contributed by atoms with Gasteiger partial charge < -0.3 is 24.8 Å². The van der Waals surface area contributed by atoms with Crippen LogP contribution in [-0.2, 0) is 16.0 Å². The van der Waals surface area contributed by atoms with Crippen LogP contribution in [0.2, 0.25) is 0 Å². The second-order valence-corrected chi connectivity index (χ2v) is 7.63. The molecule has 7 nitrogen and oxygen atoms in total. The number of hydrogen-bond acceptors (Lipinski definition) is 5. The van der Waals surface area contributed by atoms with E-state index in [2.05, 4.69) is 47.6 Å². The van der Waals surface area contributed by atoms with Gasteiger partial charge in [0.2, 0.25) is 0 Å². The van der Waals surface area contributed by atoms with E-state index in [9.17, 15) is 0 Å². The van der Waals surface area contributed by atoms with Crippen LogP contribution in [0, 0.1) is 6.92 Å². The average molecular weight is 405 g/mol. The van der Waals surface area contributed by atoms with Gasteiger partial charge in [-0.15, -0.1) is 0 Å². The highest BCUT2D eigenvalue weighted by atomic mass is 16.5. The molecule has 0 aliphatic carbocycles. The zero-order valence-electron chi connectivity index (χ0n) is 17.9. The van der Waals surface area contributed by atoms with Crippen molar-refractivity contribution in [1.82, 2.24) is 15.5 Å². The predicted molar refractivity (Wildman–Crippen MR) is 116 cm³/mol. The van der Waals surface area contributed by atoms with Gasteiger partial charge >= 0.3 is 0 Å². The minimum Gasteiger partial charge on any atom is -0.491 e. The Morgan fingerprint density at radius 1 is 1.24 bits per heavy atom. The monoisotopic (exact) mass is 404 g/mol. The van der Waals surface area contributed by atoms with Crippen molar-refractivity contribution in [1.29, 1.82) is 0 Å². The van der Waals surface area contributed by atoms with Crippen molar-refractivity contribution in [3.63, 3.8) is 0 Å². The Morgan fingerprint density at radius 2 is 2.10 bits per heavy atom. The van der Waals surface area contributed by atoms with E-state index in [0.29, 0.717) is 13.2 Å². The lowest BCUT2D eigenvalue weighted by Gasteiger charge is -2.26. The SMILES string of the molecule is CCNC(=NCc1ccc(C)cc1OCC1CCCO1)NCCN1CCOCC1. The van der Waals surface area contributed by atoms with Crippen molar-refractivity contribution >= 4 is 5.96 Å². The molecule has 2 aliphatic rings. The fraction of sp³-hybridized carbons (Fsp3) is 0.682. The number of aliphatic imine (C=N–C) groups is 1. The maximum absolute atomic E-state index is 6.10. The quantitative estimate of drug-likeness (QED) is 0.484. The van der Waals surface area contributed by atoms with Crippen molar-refractivity contribution in [2.45, 2.75) is 39.3 Å². The zero-order valence-corrected chi connectivity index (χ0v) is 17.9. The molecule has 2 fully saturated rings. The third kappa shape index (κ3) is 7.49. The maximum atomic E-state index is 6.10. The van der Waals surface area contributed by atoms with E-state index in [1.54, 1.807) is 0 Å². The predicted octanol–water partition coefficient (Wildman–Crippen LogP) is 1.94. The van der Waals surface area contributed by atoms with Crippen LogP contribution < -0.4 is 15.4 Å². The summed E-state index contributed by atoms with van der Waals surface area (Å²) in [5.74, 6) is 1.75. The van der Waals surface area contributed by atoms with E-state index >= 15 is 0 Å². The van der Waals surface area contributed by atoms with E-state index in [1.165, 1.54) is 5.56 Å². The molecule has 1 unspecified atom stereocenters. The molecule has 1 atom stereocenters. The lowest BCUT2D eigenvalue weighted by atomic mass is 10.1. The largest absolute Gasteiger partial charge is 0.491 e. The minimum absolute atomic E-state index is 0.214. The van der Waals surface area contributed by atoms with Gasteiger partial charge in [0.15, 0.2) is 5.96 Å². The van der Waals surface area contributed by atoms with Crippen LogP contribution in [0.1, 0.15) is 30.9 Å². The molecule has 162 valence electrons. The molecule has 0 saturated carbocycles. The van der Waals surface area contributed by atoms with Crippen molar-refractivity contribution in [2.75, 3.05) is 59.2 Å². The van der Waals surface area contributed by atoms with Crippen molar-refractivity contribution in [3.8, 4) is 5.75 Å². The number of ether oxygens (including phenoxy) is 3. The van der Waals surface area contributed by atoms with Crippen LogP contribution in [0.5, 0.6) is 5.75 Å². The van der Waals surface area contributed by atoms with Crippen LogP contribution in [0.25, 0.3) is 0 Å². The van der Waals surface area contributed by atoms with Crippen molar-refractivity contribution < 1.29 is 14.2 Å². The topological polar surface area (TPSA) is 67.4 Å².